The van der Waals surface area contributed by atoms with Crippen LogP contribution in [0, 0.1) is 6.92 Å². The van der Waals surface area contributed by atoms with E-state index in [2.05, 4.69) is 10.2 Å². The van der Waals surface area contributed by atoms with E-state index >= 15 is 0 Å². The molecule has 0 radical (unpaired) electrons. The summed E-state index contributed by atoms with van der Waals surface area (Å²) in [6.45, 7) is 1.90. The third-order valence-electron chi connectivity index (χ3n) is 4.14. The van der Waals surface area contributed by atoms with Crippen molar-refractivity contribution in [3.8, 4) is 11.4 Å². The minimum atomic E-state index is -1.02. The van der Waals surface area contributed by atoms with Gasteiger partial charge in [-0.3, -0.25) is 9.56 Å². The Kier molecular flexibility index (Phi) is 3.96. The Hall–Kier alpha value is -3.48. The van der Waals surface area contributed by atoms with E-state index in [-0.39, 0.29) is 0 Å². The Labute approximate surface area is 149 Å². The first-order chi connectivity index (χ1) is 12.6. The van der Waals surface area contributed by atoms with Gasteiger partial charge in [-0.2, -0.15) is 0 Å². The van der Waals surface area contributed by atoms with Crippen molar-refractivity contribution in [2.24, 2.45) is 4.99 Å². The zero-order valence-electron chi connectivity index (χ0n) is 14.1. The number of nitrogens with zero attached hydrogens (tertiary/aromatic N) is 4. The SMILES string of the molecule is Cc1nnc2n1-c1ccc(OCC(=O)O)cc1C(c1ccccc1)=NC2. The van der Waals surface area contributed by atoms with Gasteiger partial charge in [-0.1, -0.05) is 30.3 Å². The molecule has 0 bridgehead atoms. The normalized spacial score (nSPS) is 12.6. The summed E-state index contributed by atoms with van der Waals surface area (Å²) in [4.78, 5) is 15.6. The molecule has 2 aromatic carbocycles. The van der Waals surface area contributed by atoms with Crippen LogP contribution in [-0.2, 0) is 11.3 Å². The average molecular weight is 348 g/mol. The first-order valence-corrected chi connectivity index (χ1v) is 8.13. The molecule has 0 saturated carbocycles. The summed E-state index contributed by atoms with van der Waals surface area (Å²) in [5.41, 5.74) is 3.53. The number of hydrogen-bond donors (Lipinski definition) is 1. The highest BCUT2D eigenvalue weighted by Crippen LogP contribution is 2.29. The number of carboxylic acid groups (broad SMARTS) is 1. The van der Waals surface area contributed by atoms with Crippen LogP contribution < -0.4 is 4.74 Å². The number of aryl methyl sites for hydroxylation is 1. The molecule has 1 aliphatic heterocycles. The van der Waals surface area contributed by atoms with Crippen molar-refractivity contribution < 1.29 is 14.6 Å². The highest BCUT2D eigenvalue weighted by Gasteiger charge is 2.22. The topological polar surface area (TPSA) is 89.6 Å². The summed E-state index contributed by atoms with van der Waals surface area (Å²) < 4.78 is 7.33. The van der Waals surface area contributed by atoms with Gasteiger partial charge in [0.25, 0.3) is 0 Å². The van der Waals surface area contributed by atoms with E-state index in [4.69, 9.17) is 14.8 Å². The van der Waals surface area contributed by atoms with Crippen LogP contribution in [0.3, 0.4) is 0 Å². The molecule has 7 heteroatoms. The smallest absolute Gasteiger partial charge is 0.341 e. The number of aromatic nitrogens is 3. The van der Waals surface area contributed by atoms with Gasteiger partial charge in [0.15, 0.2) is 12.4 Å². The van der Waals surface area contributed by atoms with Crippen LogP contribution in [0.1, 0.15) is 22.8 Å². The maximum absolute atomic E-state index is 10.8. The quantitative estimate of drug-likeness (QED) is 0.782. The Morgan fingerprint density at radius 3 is 2.77 bits per heavy atom. The van der Waals surface area contributed by atoms with E-state index in [1.165, 1.54) is 0 Å². The van der Waals surface area contributed by atoms with Gasteiger partial charge in [-0.15, -0.1) is 10.2 Å². The third kappa shape index (κ3) is 2.83. The van der Waals surface area contributed by atoms with E-state index in [9.17, 15) is 4.79 Å². The van der Waals surface area contributed by atoms with Crippen LogP contribution in [0.5, 0.6) is 5.75 Å². The molecule has 0 fully saturated rings. The van der Waals surface area contributed by atoms with Gasteiger partial charge in [-0.05, 0) is 25.1 Å². The summed E-state index contributed by atoms with van der Waals surface area (Å²) in [5, 5.41) is 17.2. The Morgan fingerprint density at radius 2 is 2.00 bits per heavy atom. The summed E-state index contributed by atoms with van der Waals surface area (Å²) in [6, 6.07) is 15.3. The monoisotopic (exact) mass is 348 g/mol. The molecule has 0 aliphatic carbocycles. The molecule has 1 aromatic heterocycles. The number of carboxylic acids is 1. The van der Waals surface area contributed by atoms with Crippen LogP contribution in [-0.4, -0.2) is 38.2 Å². The van der Waals surface area contributed by atoms with Crippen molar-refractivity contribution in [2.75, 3.05) is 6.61 Å². The fourth-order valence-corrected chi connectivity index (χ4v) is 3.03. The van der Waals surface area contributed by atoms with Gasteiger partial charge in [-0.25, -0.2) is 4.79 Å². The number of aliphatic carboxylic acids is 1. The second-order valence-electron chi connectivity index (χ2n) is 5.89. The van der Waals surface area contributed by atoms with Gasteiger partial charge in [0.2, 0.25) is 0 Å². The van der Waals surface area contributed by atoms with Crippen LogP contribution in [0.25, 0.3) is 5.69 Å². The van der Waals surface area contributed by atoms with E-state index in [0.717, 1.165) is 34.2 Å². The van der Waals surface area contributed by atoms with Gasteiger partial charge in [0, 0.05) is 11.1 Å². The molecule has 26 heavy (non-hydrogen) atoms. The summed E-state index contributed by atoms with van der Waals surface area (Å²) in [5.74, 6) is 0.983. The molecule has 1 aliphatic rings. The number of aliphatic imine (C=N–C) groups is 1. The minimum Gasteiger partial charge on any atom is -0.482 e. The van der Waals surface area contributed by atoms with Crippen LogP contribution in [0.15, 0.2) is 53.5 Å². The lowest BCUT2D eigenvalue weighted by molar-refractivity contribution is -0.139. The lowest BCUT2D eigenvalue weighted by atomic mass is 10.00. The second kappa shape index (κ2) is 6.44. The number of carbonyl (C=O) groups is 1. The first kappa shape index (κ1) is 16.0. The van der Waals surface area contributed by atoms with Crippen molar-refractivity contribution in [3.63, 3.8) is 0 Å². The summed E-state index contributed by atoms with van der Waals surface area (Å²) in [6.07, 6.45) is 0. The second-order valence-corrected chi connectivity index (χ2v) is 5.89. The fourth-order valence-electron chi connectivity index (χ4n) is 3.03. The van der Waals surface area contributed by atoms with Gasteiger partial charge in [0.05, 0.1) is 11.4 Å². The van der Waals surface area contributed by atoms with Gasteiger partial charge >= 0.3 is 5.97 Å². The molecule has 130 valence electrons. The minimum absolute atomic E-state index is 0.395. The van der Waals surface area contributed by atoms with Crippen molar-refractivity contribution in [1.82, 2.24) is 14.8 Å². The van der Waals surface area contributed by atoms with E-state index in [1.807, 2.05) is 54.0 Å². The summed E-state index contributed by atoms with van der Waals surface area (Å²) >= 11 is 0. The number of hydrogen-bond acceptors (Lipinski definition) is 5. The molecule has 0 unspecified atom stereocenters. The van der Waals surface area contributed by atoms with E-state index in [0.29, 0.717) is 12.3 Å². The van der Waals surface area contributed by atoms with Crippen molar-refractivity contribution in [3.05, 3.63) is 71.3 Å². The largest absolute Gasteiger partial charge is 0.482 e. The molecule has 0 atom stereocenters. The van der Waals surface area contributed by atoms with Crippen molar-refractivity contribution >= 4 is 11.7 Å². The Morgan fingerprint density at radius 1 is 1.19 bits per heavy atom. The maximum Gasteiger partial charge on any atom is 0.341 e. The lowest BCUT2D eigenvalue weighted by Crippen LogP contribution is -2.12. The number of rotatable bonds is 4. The number of fused-ring (bicyclic) bond motifs is 3. The zero-order chi connectivity index (χ0) is 18.1. The Bertz CT molecular complexity index is 1010. The Balaban J connectivity index is 1.88. The molecule has 7 nitrogen and oxygen atoms in total. The van der Waals surface area contributed by atoms with Gasteiger partial charge in [0.1, 0.15) is 18.1 Å². The predicted octanol–water partition coefficient (Wildman–Crippen LogP) is 2.39. The molecular formula is C19H16N4O3. The maximum atomic E-state index is 10.8. The van der Waals surface area contributed by atoms with Crippen molar-refractivity contribution in [1.29, 1.82) is 0 Å². The number of ether oxygens (including phenoxy) is 1. The number of benzene rings is 2. The zero-order valence-corrected chi connectivity index (χ0v) is 14.1. The average Bonchev–Trinajstić information content (AvgIpc) is 2.93. The molecule has 0 spiro atoms. The molecular weight excluding hydrogens is 332 g/mol. The van der Waals surface area contributed by atoms with E-state index in [1.54, 1.807) is 6.07 Å². The molecule has 4 rings (SSSR count). The standard InChI is InChI=1S/C19H16N4O3/c1-12-21-22-17-10-20-19(13-5-3-2-4-6-13)15-9-14(26-11-18(24)25)7-8-16(15)23(12)17/h2-9H,10-11H2,1H3,(H,24,25). The highest BCUT2D eigenvalue weighted by atomic mass is 16.5. The third-order valence-corrected chi connectivity index (χ3v) is 4.14. The lowest BCUT2D eigenvalue weighted by Gasteiger charge is -2.14. The fraction of sp³-hybridized carbons (Fsp3) is 0.158. The summed E-state index contributed by atoms with van der Waals surface area (Å²) in [7, 11) is 0. The van der Waals surface area contributed by atoms with Crippen LogP contribution in [0.2, 0.25) is 0 Å². The molecule has 1 N–H and O–H groups in total. The van der Waals surface area contributed by atoms with Crippen LogP contribution >= 0.6 is 0 Å². The van der Waals surface area contributed by atoms with Gasteiger partial charge < -0.3 is 9.84 Å². The first-order valence-electron chi connectivity index (χ1n) is 8.13. The molecule has 3 aromatic rings. The molecule has 0 amide bonds. The molecule has 0 saturated heterocycles. The predicted molar refractivity (Wildman–Crippen MR) is 95.0 cm³/mol. The molecule has 2 heterocycles. The highest BCUT2D eigenvalue weighted by molar-refractivity contribution is 6.15. The van der Waals surface area contributed by atoms with E-state index < -0.39 is 12.6 Å². The van der Waals surface area contributed by atoms with Crippen LogP contribution in [0.4, 0.5) is 0 Å². The van der Waals surface area contributed by atoms with Crippen molar-refractivity contribution in [2.45, 2.75) is 13.5 Å².